The average molecular weight is 369 g/mol. The van der Waals surface area contributed by atoms with Crippen LogP contribution in [0.25, 0.3) is 0 Å². The number of hydrogen-bond donors (Lipinski definition) is 2. The highest BCUT2D eigenvalue weighted by atomic mass is 16.2. The highest BCUT2D eigenvalue weighted by Crippen LogP contribution is 2.16. The minimum absolute atomic E-state index is 0.197. The summed E-state index contributed by atoms with van der Waals surface area (Å²) in [6.07, 6.45) is 0. The Kier molecular flexibility index (Phi) is 5.83. The summed E-state index contributed by atoms with van der Waals surface area (Å²) < 4.78 is 0. The zero-order valence-electron chi connectivity index (χ0n) is 15.3. The molecule has 0 bridgehead atoms. The number of nitriles is 1. The van der Waals surface area contributed by atoms with Gasteiger partial charge in [0.25, 0.3) is 11.8 Å². The van der Waals surface area contributed by atoms with Gasteiger partial charge in [-0.15, -0.1) is 0 Å². The van der Waals surface area contributed by atoms with Crippen molar-refractivity contribution in [2.24, 2.45) is 0 Å². The van der Waals surface area contributed by atoms with Crippen molar-refractivity contribution in [2.75, 3.05) is 5.32 Å². The summed E-state index contributed by atoms with van der Waals surface area (Å²) in [5.41, 5.74) is 3.18. The Morgan fingerprint density at radius 3 is 2.04 bits per heavy atom. The minimum Gasteiger partial charge on any atom is -0.346 e. The van der Waals surface area contributed by atoms with E-state index in [0.29, 0.717) is 22.4 Å². The topological polar surface area (TPSA) is 82.0 Å². The molecule has 1 unspecified atom stereocenters. The Bertz CT molecular complexity index is 1000. The van der Waals surface area contributed by atoms with Crippen LogP contribution in [-0.4, -0.2) is 11.8 Å². The van der Waals surface area contributed by atoms with Crippen molar-refractivity contribution in [2.45, 2.75) is 13.0 Å². The maximum absolute atomic E-state index is 12.5. The van der Waals surface area contributed by atoms with Crippen molar-refractivity contribution in [3.8, 4) is 6.07 Å². The zero-order chi connectivity index (χ0) is 19.9. The van der Waals surface area contributed by atoms with Crippen molar-refractivity contribution in [3.05, 3.63) is 101 Å². The second-order valence-corrected chi connectivity index (χ2v) is 6.33. The molecule has 28 heavy (non-hydrogen) atoms. The Balaban J connectivity index is 1.61. The van der Waals surface area contributed by atoms with Crippen LogP contribution in [0.5, 0.6) is 0 Å². The molecule has 138 valence electrons. The third-order valence-electron chi connectivity index (χ3n) is 4.33. The Morgan fingerprint density at radius 1 is 0.821 bits per heavy atom. The lowest BCUT2D eigenvalue weighted by atomic mass is 10.1. The molecular formula is C23H19N3O2. The molecule has 0 saturated carbocycles. The fourth-order valence-electron chi connectivity index (χ4n) is 2.71. The molecule has 0 radical (unpaired) electrons. The molecule has 5 heteroatoms. The molecule has 0 aromatic heterocycles. The van der Waals surface area contributed by atoms with Crippen LogP contribution in [0, 0.1) is 11.3 Å². The molecule has 0 fully saturated rings. The molecule has 1 atom stereocenters. The van der Waals surface area contributed by atoms with Gasteiger partial charge in [0.05, 0.1) is 17.7 Å². The van der Waals surface area contributed by atoms with E-state index in [2.05, 4.69) is 16.7 Å². The van der Waals surface area contributed by atoms with E-state index < -0.39 is 0 Å². The van der Waals surface area contributed by atoms with Gasteiger partial charge >= 0.3 is 0 Å². The fraction of sp³-hybridized carbons (Fsp3) is 0.0870. The monoisotopic (exact) mass is 369 g/mol. The van der Waals surface area contributed by atoms with E-state index in [4.69, 9.17) is 5.26 Å². The van der Waals surface area contributed by atoms with Gasteiger partial charge in [-0.05, 0) is 61.0 Å². The predicted octanol–water partition coefficient (Wildman–Crippen LogP) is 4.30. The first-order valence-corrected chi connectivity index (χ1v) is 8.84. The summed E-state index contributed by atoms with van der Waals surface area (Å²) in [6.45, 7) is 1.88. The lowest BCUT2D eigenvalue weighted by molar-refractivity contribution is 0.0939. The smallest absolute Gasteiger partial charge is 0.255 e. The van der Waals surface area contributed by atoms with Crippen LogP contribution in [0.4, 0.5) is 5.69 Å². The van der Waals surface area contributed by atoms with Gasteiger partial charge in [-0.25, -0.2) is 0 Å². The average Bonchev–Trinajstić information content (AvgIpc) is 2.74. The summed E-state index contributed by atoms with van der Waals surface area (Å²) in [7, 11) is 0. The van der Waals surface area contributed by atoms with E-state index in [9.17, 15) is 9.59 Å². The van der Waals surface area contributed by atoms with Crippen LogP contribution in [0.2, 0.25) is 0 Å². The van der Waals surface area contributed by atoms with E-state index in [1.54, 1.807) is 60.7 Å². The molecule has 3 aromatic carbocycles. The molecule has 3 aromatic rings. The summed E-state index contributed by atoms with van der Waals surface area (Å²) in [5, 5.41) is 14.6. The second kappa shape index (κ2) is 8.65. The van der Waals surface area contributed by atoms with E-state index in [0.717, 1.165) is 5.56 Å². The van der Waals surface area contributed by atoms with Gasteiger partial charge in [-0.1, -0.05) is 30.3 Å². The van der Waals surface area contributed by atoms with Crippen molar-refractivity contribution in [1.29, 1.82) is 5.26 Å². The number of hydrogen-bond acceptors (Lipinski definition) is 3. The number of amides is 2. The first kappa shape index (κ1) is 18.9. The standard InChI is InChI=1S/C23H19N3O2/c1-16(18-9-7-17(15-24)8-10-18)25-22(27)20-11-13-21(14-12-20)26-23(28)19-5-3-2-4-6-19/h2-14,16H,1H3,(H,25,27)(H,26,28). The Morgan fingerprint density at radius 2 is 1.43 bits per heavy atom. The van der Waals surface area contributed by atoms with E-state index in [1.165, 1.54) is 0 Å². The van der Waals surface area contributed by atoms with Crippen LogP contribution >= 0.6 is 0 Å². The number of nitrogens with zero attached hydrogens (tertiary/aromatic N) is 1. The maximum Gasteiger partial charge on any atom is 0.255 e. The fourth-order valence-corrected chi connectivity index (χ4v) is 2.71. The third-order valence-corrected chi connectivity index (χ3v) is 4.33. The lowest BCUT2D eigenvalue weighted by Crippen LogP contribution is -2.26. The number of rotatable bonds is 5. The lowest BCUT2D eigenvalue weighted by Gasteiger charge is -2.15. The SMILES string of the molecule is CC(NC(=O)c1ccc(NC(=O)c2ccccc2)cc1)c1ccc(C#N)cc1. The van der Waals surface area contributed by atoms with E-state index in [1.807, 2.05) is 25.1 Å². The van der Waals surface area contributed by atoms with Crippen LogP contribution in [0.1, 0.15) is 44.8 Å². The van der Waals surface area contributed by atoms with Crippen LogP contribution in [0.3, 0.4) is 0 Å². The highest BCUT2D eigenvalue weighted by molar-refractivity contribution is 6.04. The van der Waals surface area contributed by atoms with Crippen LogP contribution in [0.15, 0.2) is 78.9 Å². The molecule has 5 nitrogen and oxygen atoms in total. The van der Waals surface area contributed by atoms with Crippen molar-refractivity contribution in [3.63, 3.8) is 0 Å². The summed E-state index contributed by atoms with van der Waals surface area (Å²) in [5.74, 6) is -0.412. The number of carbonyl (C=O) groups excluding carboxylic acids is 2. The molecule has 0 aliphatic rings. The maximum atomic E-state index is 12.5. The number of benzene rings is 3. The number of anilines is 1. The van der Waals surface area contributed by atoms with Crippen molar-refractivity contribution in [1.82, 2.24) is 5.32 Å². The predicted molar refractivity (Wildman–Crippen MR) is 108 cm³/mol. The van der Waals surface area contributed by atoms with Crippen molar-refractivity contribution >= 4 is 17.5 Å². The molecule has 0 aliphatic carbocycles. The van der Waals surface area contributed by atoms with Gasteiger partial charge in [-0.2, -0.15) is 5.26 Å². The number of nitrogens with one attached hydrogen (secondary N) is 2. The molecule has 0 heterocycles. The van der Waals surface area contributed by atoms with E-state index >= 15 is 0 Å². The molecule has 0 aliphatic heterocycles. The Hall–Kier alpha value is -3.91. The normalized spacial score (nSPS) is 11.1. The molecule has 2 N–H and O–H groups in total. The zero-order valence-corrected chi connectivity index (χ0v) is 15.3. The van der Waals surface area contributed by atoms with Crippen LogP contribution < -0.4 is 10.6 Å². The first-order chi connectivity index (χ1) is 13.6. The quantitative estimate of drug-likeness (QED) is 0.703. The van der Waals surface area contributed by atoms with Gasteiger partial charge in [-0.3, -0.25) is 9.59 Å². The number of carbonyl (C=O) groups is 2. The van der Waals surface area contributed by atoms with Gasteiger partial charge in [0.15, 0.2) is 0 Å². The van der Waals surface area contributed by atoms with Crippen LogP contribution in [-0.2, 0) is 0 Å². The van der Waals surface area contributed by atoms with Crippen molar-refractivity contribution < 1.29 is 9.59 Å². The highest BCUT2D eigenvalue weighted by Gasteiger charge is 2.12. The minimum atomic E-state index is -0.210. The summed E-state index contributed by atoms with van der Waals surface area (Å²) >= 11 is 0. The summed E-state index contributed by atoms with van der Waals surface area (Å²) in [6, 6.07) is 24.6. The van der Waals surface area contributed by atoms with Gasteiger partial charge in [0.1, 0.15) is 0 Å². The van der Waals surface area contributed by atoms with Gasteiger partial charge in [0, 0.05) is 16.8 Å². The molecular weight excluding hydrogens is 350 g/mol. The largest absolute Gasteiger partial charge is 0.346 e. The second-order valence-electron chi connectivity index (χ2n) is 6.33. The van der Waals surface area contributed by atoms with Gasteiger partial charge < -0.3 is 10.6 Å². The molecule has 3 rings (SSSR count). The first-order valence-electron chi connectivity index (χ1n) is 8.84. The summed E-state index contributed by atoms with van der Waals surface area (Å²) in [4.78, 5) is 24.6. The van der Waals surface area contributed by atoms with E-state index in [-0.39, 0.29) is 17.9 Å². The Labute approximate surface area is 163 Å². The molecule has 0 spiro atoms. The molecule has 2 amide bonds. The third kappa shape index (κ3) is 4.63. The molecule has 0 saturated heterocycles. The van der Waals surface area contributed by atoms with Gasteiger partial charge in [0.2, 0.25) is 0 Å².